The lowest BCUT2D eigenvalue weighted by Crippen LogP contribution is -2.46. The number of methoxy groups -OCH3 is 1. The first-order valence-electron chi connectivity index (χ1n) is 6.72. The van der Waals surface area contributed by atoms with E-state index in [0.717, 1.165) is 13.0 Å². The number of nitrogens with one attached hydrogen (secondary N) is 1. The number of aromatic nitrogens is 1. The highest BCUT2D eigenvalue weighted by Gasteiger charge is 2.29. The summed E-state index contributed by atoms with van der Waals surface area (Å²) in [5.41, 5.74) is 0.554. The average molecular weight is 298 g/mol. The first-order chi connectivity index (χ1) is 9.55. The molecule has 1 aromatic rings. The van der Waals surface area contributed by atoms with Crippen LogP contribution in [0.15, 0.2) is 12.1 Å². The summed E-state index contributed by atoms with van der Waals surface area (Å²) >= 11 is 5.94. The van der Waals surface area contributed by atoms with Crippen LogP contribution in [0.25, 0.3) is 0 Å². The molecule has 2 unspecified atom stereocenters. The maximum atomic E-state index is 12.5. The fourth-order valence-electron chi connectivity index (χ4n) is 2.46. The Bertz CT molecular complexity index is 495. The highest BCUT2D eigenvalue weighted by atomic mass is 35.5. The second-order valence-corrected chi connectivity index (χ2v) is 5.49. The SMILES string of the molecule is CNc1cc(C(=O)N2CCC(C)C(OC)C2)cc(Cl)n1. The third-order valence-corrected chi connectivity index (χ3v) is 3.97. The molecule has 0 aliphatic carbocycles. The van der Waals surface area contributed by atoms with Gasteiger partial charge in [0.2, 0.25) is 0 Å². The van der Waals surface area contributed by atoms with Gasteiger partial charge in [-0.05, 0) is 24.5 Å². The molecule has 110 valence electrons. The van der Waals surface area contributed by atoms with Crippen molar-refractivity contribution in [2.75, 3.05) is 32.6 Å². The Morgan fingerprint density at radius 3 is 2.95 bits per heavy atom. The Morgan fingerprint density at radius 2 is 2.30 bits per heavy atom. The molecule has 1 saturated heterocycles. The lowest BCUT2D eigenvalue weighted by molar-refractivity contribution is -0.00156. The Balaban J connectivity index is 2.17. The number of amides is 1. The summed E-state index contributed by atoms with van der Waals surface area (Å²) in [4.78, 5) is 18.4. The van der Waals surface area contributed by atoms with Crippen LogP contribution in [0.1, 0.15) is 23.7 Å². The smallest absolute Gasteiger partial charge is 0.254 e. The quantitative estimate of drug-likeness (QED) is 0.870. The fraction of sp³-hybridized carbons (Fsp3) is 0.571. The van der Waals surface area contributed by atoms with Crippen molar-refractivity contribution >= 4 is 23.3 Å². The molecule has 1 aromatic heterocycles. The van der Waals surface area contributed by atoms with Gasteiger partial charge in [-0.25, -0.2) is 4.98 Å². The number of rotatable bonds is 3. The molecular formula is C14H20ClN3O2. The molecule has 0 radical (unpaired) electrons. The van der Waals surface area contributed by atoms with E-state index in [9.17, 15) is 4.79 Å². The number of nitrogens with zero attached hydrogens (tertiary/aromatic N) is 2. The van der Waals surface area contributed by atoms with Gasteiger partial charge in [0.05, 0.1) is 6.10 Å². The van der Waals surface area contributed by atoms with E-state index in [0.29, 0.717) is 29.0 Å². The van der Waals surface area contributed by atoms with Crippen LogP contribution in [-0.4, -0.2) is 49.1 Å². The lowest BCUT2D eigenvalue weighted by atomic mass is 9.95. The highest BCUT2D eigenvalue weighted by Crippen LogP contribution is 2.22. The van der Waals surface area contributed by atoms with Gasteiger partial charge in [0.1, 0.15) is 11.0 Å². The number of carbonyl (C=O) groups excluding carboxylic acids is 1. The lowest BCUT2D eigenvalue weighted by Gasteiger charge is -2.36. The number of ether oxygens (including phenoxy) is 1. The van der Waals surface area contributed by atoms with E-state index >= 15 is 0 Å². The number of piperidine rings is 1. The second kappa shape index (κ2) is 6.41. The third kappa shape index (κ3) is 3.22. The van der Waals surface area contributed by atoms with Crippen molar-refractivity contribution in [1.29, 1.82) is 0 Å². The molecule has 2 atom stereocenters. The first kappa shape index (κ1) is 15.1. The standard InChI is InChI=1S/C14H20ClN3O2/c1-9-4-5-18(8-11(9)20-3)14(19)10-6-12(15)17-13(7-10)16-2/h6-7,9,11H,4-5,8H2,1-3H3,(H,16,17). The molecule has 1 fully saturated rings. The topological polar surface area (TPSA) is 54.5 Å². The summed E-state index contributed by atoms with van der Waals surface area (Å²) in [6, 6.07) is 3.32. The predicted octanol–water partition coefficient (Wildman–Crippen LogP) is 2.27. The summed E-state index contributed by atoms with van der Waals surface area (Å²) in [6.07, 6.45) is 1.04. The van der Waals surface area contributed by atoms with Crippen molar-refractivity contribution < 1.29 is 9.53 Å². The van der Waals surface area contributed by atoms with Gasteiger partial charge in [0, 0.05) is 32.8 Å². The van der Waals surface area contributed by atoms with E-state index in [-0.39, 0.29) is 12.0 Å². The summed E-state index contributed by atoms with van der Waals surface area (Å²) < 4.78 is 5.44. The van der Waals surface area contributed by atoms with E-state index in [4.69, 9.17) is 16.3 Å². The van der Waals surface area contributed by atoms with E-state index < -0.39 is 0 Å². The number of hydrogen-bond donors (Lipinski definition) is 1. The van der Waals surface area contributed by atoms with Gasteiger partial charge in [-0.1, -0.05) is 18.5 Å². The minimum absolute atomic E-state index is 0.0280. The number of anilines is 1. The van der Waals surface area contributed by atoms with Crippen molar-refractivity contribution in [3.63, 3.8) is 0 Å². The van der Waals surface area contributed by atoms with Crippen molar-refractivity contribution in [1.82, 2.24) is 9.88 Å². The minimum atomic E-state index is -0.0280. The van der Waals surface area contributed by atoms with Gasteiger partial charge in [-0.15, -0.1) is 0 Å². The summed E-state index contributed by atoms with van der Waals surface area (Å²) in [5, 5.41) is 3.22. The van der Waals surface area contributed by atoms with Gasteiger partial charge in [-0.2, -0.15) is 0 Å². The van der Waals surface area contributed by atoms with Crippen LogP contribution in [-0.2, 0) is 4.74 Å². The minimum Gasteiger partial charge on any atom is -0.379 e. The molecule has 0 saturated carbocycles. The van der Waals surface area contributed by atoms with Gasteiger partial charge in [-0.3, -0.25) is 4.79 Å². The Hall–Kier alpha value is -1.33. The van der Waals surface area contributed by atoms with Crippen molar-refractivity contribution in [2.45, 2.75) is 19.4 Å². The highest BCUT2D eigenvalue weighted by molar-refractivity contribution is 6.29. The number of halogens is 1. The van der Waals surface area contributed by atoms with E-state index in [1.807, 2.05) is 4.90 Å². The molecule has 0 aromatic carbocycles. The number of hydrogen-bond acceptors (Lipinski definition) is 4. The van der Waals surface area contributed by atoms with Crippen LogP contribution in [0.2, 0.25) is 5.15 Å². The van der Waals surface area contributed by atoms with Crippen LogP contribution in [0, 0.1) is 5.92 Å². The largest absolute Gasteiger partial charge is 0.379 e. The van der Waals surface area contributed by atoms with E-state index in [2.05, 4.69) is 17.2 Å². The zero-order valence-electron chi connectivity index (χ0n) is 12.0. The average Bonchev–Trinajstić information content (AvgIpc) is 2.46. The molecule has 2 heterocycles. The summed E-state index contributed by atoms with van der Waals surface area (Å²) in [7, 11) is 3.44. The molecule has 1 aliphatic heterocycles. The molecule has 0 spiro atoms. The van der Waals surface area contributed by atoms with Crippen molar-refractivity contribution in [2.24, 2.45) is 5.92 Å². The van der Waals surface area contributed by atoms with Crippen LogP contribution < -0.4 is 5.32 Å². The molecule has 6 heteroatoms. The molecule has 5 nitrogen and oxygen atoms in total. The fourth-order valence-corrected chi connectivity index (χ4v) is 2.66. The van der Waals surface area contributed by atoms with Crippen molar-refractivity contribution in [3.8, 4) is 0 Å². The predicted molar refractivity (Wildman–Crippen MR) is 79.3 cm³/mol. The molecule has 2 rings (SSSR count). The van der Waals surface area contributed by atoms with E-state index in [1.165, 1.54) is 0 Å². The molecule has 20 heavy (non-hydrogen) atoms. The molecular weight excluding hydrogens is 278 g/mol. The number of likely N-dealkylation sites (tertiary alicyclic amines) is 1. The van der Waals surface area contributed by atoms with Gasteiger partial charge >= 0.3 is 0 Å². The zero-order valence-corrected chi connectivity index (χ0v) is 12.8. The van der Waals surface area contributed by atoms with Crippen LogP contribution in [0.3, 0.4) is 0 Å². The van der Waals surface area contributed by atoms with Gasteiger partial charge in [0.25, 0.3) is 5.91 Å². The van der Waals surface area contributed by atoms with E-state index in [1.54, 1.807) is 26.3 Å². The number of carbonyl (C=O) groups is 1. The zero-order chi connectivity index (χ0) is 14.7. The maximum absolute atomic E-state index is 12.5. The Labute approximate surface area is 124 Å². The summed E-state index contributed by atoms with van der Waals surface area (Å²) in [5.74, 6) is 1.03. The van der Waals surface area contributed by atoms with Crippen LogP contribution >= 0.6 is 11.6 Å². The Morgan fingerprint density at radius 1 is 1.55 bits per heavy atom. The molecule has 0 bridgehead atoms. The van der Waals surface area contributed by atoms with Crippen molar-refractivity contribution in [3.05, 3.63) is 22.8 Å². The first-order valence-corrected chi connectivity index (χ1v) is 7.10. The molecule has 1 amide bonds. The molecule has 1 aliphatic rings. The van der Waals surface area contributed by atoms with Gasteiger partial charge < -0.3 is 15.0 Å². The monoisotopic (exact) mass is 297 g/mol. The third-order valence-electron chi connectivity index (χ3n) is 3.78. The Kier molecular flexibility index (Phi) is 4.83. The van der Waals surface area contributed by atoms with Crippen LogP contribution in [0.5, 0.6) is 0 Å². The number of pyridine rings is 1. The normalized spacial score (nSPS) is 22.7. The maximum Gasteiger partial charge on any atom is 0.254 e. The molecule has 1 N–H and O–H groups in total. The van der Waals surface area contributed by atoms with Gasteiger partial charge in [0.15, 0.2) is 0 Å². The summed E-state index contributed by atoms with van der Waals surface area (Å²) in [6.45, 7) is 3.51. The van der Waals surface area contributed by atoms with Crippen LogP contribution in [0.4, 0.5) is 5.82 Å². The second-order valence-electron chi connectivity index (χ2n) is 5.11.